The van der Waals surface area contributed by atoms with Gasteiger partial charge < -0.3 is 0 Å². The number of pyridine rings is 2. The van der Waals surface area contributed by atoms with Crippen molar-refractivity contribution in [3.8, 4) is 61.7 Å². The summed E-state index contributed by atoms with van der Waals surface area (Å²) in [5, 5.41) is 14.1. The van der Waals surface area contributed by atoms with Crippen LogP contribution in [0.15, 0.2) is 158 Å². The van der Waals surface area contributed by atoms with Crippen molar-refractivity contribution in [2.45, 2.75) is 0 Å². The van der Waals surface area contributed by atoms with Gasteiger partial charge in [0, 0.05) is 30.4 Å². The molecule has 2 heterocycles. The second kappa shape index (κ2) is 12.1. The van der Waals surface area contributed by atoms with Gasteiger partial charge in [-0.1, -0.05) is 115 Å². The third-order valence-electron chi connectivity index (χ3n) is 8.87. The maximum atomic E-state index is 9.40. The first-order valence-electron chi connectivity index (χ1n) is 15.6. The molecule has 6 aromatic carbocycles. The largest absolute Gasteiger partial charge is 0.276 e. The molecule has 0 bridgehead atoms. The van der Waals surface area contributed by atoms with Crippen molar-refractivity contribution in [1.82, 2.24) is 9.97 Å². The van der Waals surface area contributed by atoms with Gasteiger partial charge >= 0.3 is 0 Å². The van der Waals surface area contributed by atoms with E-state index in [1.54, 1.807) is 24.8 Å². The smallest absolute Gasteiger partial charge is 0.205 e. The van der Waals surface area contributed by atoms with Gasteiger partial charge in [-0.15, -0.1) is 0 Å². The van der Waals surface area contributed by atoms with Crippen LogP contribution in [0.25, 0.3) is 82.0 Å². The molecule has 0 fully saturated rings. The van der Waals surface area contributed by atoms with Crippen molar-refractivity contribution in [3.63, 3.8) is 0 Å². The minimum atomic E-state index is 0.527. The molecule has 0 unspecified atom stereocenters. The summed E-state index contributed by atoms with van der Waals surface area (Å²) < 4.78 is 0. The van der Waals surface area contributed by atoms with Gasteiger partial charge in [-0.05, 0) is 89.8 Å². The number of benzene rings is 6. The average molecular weight is 611 g/mol. The van der Waals surface area contributed by atoms with E-state index >= 15 is 0 Å². The Kier molecular flexibility index (Phi) is 7.23. The molecular weight excluding hydrogens is 585 g/mol. The summed E-state index contributed by atoms with van der Waals surface area (Å²) in [6.45, 7) is 7.39. The summed E-state index contributed by atoms with van der Waals surface area (Å²) in [5.74, 6) is 0. The Bertz CT molecular complexity index is 2560. The van der Waals surface area contributed by atoms with Gasteiger partial charge in [-0.3, -0.25) is 9.97 Å². The Morgan fingerprint density at radius 1 is 0.438 bits per heavy atom. The molecule has 0 atom stereocenters. The third kappa shape index (κ3) is 5.14. The molecule has 8 aromatic rings. The molecule has 0 radical (unpaired) electrons. The number of rotatable bonds is 5. The molecular formula is C44H26N4. The van der Waals surface area contributed by atoms with Crippen LogP contribution < -0.4 is 0 Å². The first kappa shape index (κ1) is 28.6. The van der Waals surface area contributed by atoms with Gasteiger partial charge in [0.2, 0.25) is 5.69 Å². The molecule has 2 aromatic heterocycles. The molecule has 48 heavy (non-hydrogen) atoms. The van der Waals surface area contributed by atoms with Crippen LogP contribution in [0.3, 0.4) is 0 Å². The van der Waals surface area contributed by atoms with Crippen molar-refractivity contribution in [3.05, 3.63) is 175 Å². The lowest BCUT2D eigenvalue weighted by Gasteiger charge is -2.19. The summed E-state index contributed by atoms with van der Waals surface area (Å²) in [6, 6.07) is 49.0. The van der Waals surface area contributed by atoms with E-state index in [1.807, 2.05) is 18.2 Å². The Hall–Kier alpha value is -6.88. The zero-order valence-electron chi connectivity index (χ0n) is 25.8. The predicted octanol–water partition coefficient (Wildman–Crippen LogP) is 11.5. The van der Waals surface area contributed by atoms with Crippen LogP contribution in [-0.4, -0.2) is 9.97 Å². The van der Waals surface area contributed by atoms with Gasteiger partial charge in [-0.2, -0.15) is 5.26 Å². The number of hydrogen-bond donors (Lipinski definition) is 0. The first-order chi connectivity index (χ1) is 23.7. The summed E-state index contributed by atoms with van der Waals surface area (Å²) in [4.78, 5) is 12.1. The second-order valence-corrected chi connectivity index (χ2v) is 11.7. The van der Waals surface area contributed by atoms with Gasteiger partial charge in [0.1, 0.15) is 6.07 Å². The quantitative estimate of drug-likeness (QED) is 0.144. The van der Waals surface area contributed by atoms with E-state index in [2.05, 4.69) is 136 Å². The van der Waals surface area contributed by atoms with E-state index in [-0.39, 0.29) is 0 Å². The monoisotopic (exact) mass is 610 g/mol. The lowest BCUT2D eigenvalue weighted by Crippen LogP contribution is -1.92. The normalized spacial score (nSPS) is 10.9. The molecule has 222 valence electrons. The average Bonchev–Trinajstić information content (AvgIpc) is 3.17. The van der Waals surface area contributed by atoms with Crippen molar-refractivity contribution < 1.29 is 0 Å². The second-order valence-electron chi connectivity index (χ2n) is 11.7. The van der Waals surface area contributed by atoms with Crippen LogP contribution >= 0.6 is 0 Å². The lowest BCUT2D eigenvalue weighted by atomic mass is 9.84. The van der Waals surface area contributed by atoms with Crippen molar-refractivity contribution in [1.29, 1.82) is 5.26 Å². The predicted molar refractivity (Wildman–Crippen MR) is 195 cm³/mol. The third-order valence-corrected chi connectivity index (χ3v) is 8.87. The van der Waals surface area contributed by atoms with Crippen LogP contribution in [0.2, 0.25) is 0 Å². The summed E-state index contributed by atoms with van der Waals surface area (Å²) >= 11 is 0. The Labute approximate surface area is 278 Å². The van der Waals surface area contributed by atoms with E-state index in [4.69, 9.17) is 6.57 Å². The van der Waals surface area contributed by atoms with Crippen molar-refractivity contribution in [2.24, 2.45) is 0 Å². The minimum absolute atomic E-state index is 0.527. The van der Waals surface area contributed by atoms with Crippen LogP contribution in [0.4, 0.5) is 5.69 Å². The molecule has 0 saturated heterocycles. The van der Waals surface area contributed by atoms with Gasteiger partial charge in [0.25, 0.3) is 0 Å². The van der Waals surface area contributed by atoms with E-state index in [1.165, 1.54) is 38.2 Å². The molecule has 0 saturated carbocycles. The fraction of sp³-hybridized carbons (Fsp3) is 0. The van der Waals surface area contributed by atoms with Crippen LogP contribution in [0.5, 0.6) is 0 Å². The molecule has 4 nitrogen and oxygen atoms in total. The number of fused-ring (bicyclic) bond motifs is 2. The van der Waals surface area contributed by atoms with Crippen molar-refractivity contribution in [2.75, 3.05) is 0 Å². The van der Waals surface area contributed by atoms with Crippen molar-refractivity contribution >= 4 is 27.2 Å². The SMILES string of the molecule is [C-]#[N+]c1cncc(-c2ccc(-c3c4ccccc4c(-c4ccc(-c5cncc(C#N)c5)cc4)c4cc(-c5ccccc5)ccc34)cc2)c1. The number of nitrogens with zero attached hydrogens (tertiary/aromatic N) is 4. The number of nitriles is 1. The summed E-state index contributed by atoms with van der Waals surface area (Å²) in [5.41, 5.74) is 11.8. The number of hydrogen-bond acceptors (Lipinski definition) is 3. The highest BCUT2D eigenvalue weighted by atomic mass is 14.7. The highest BCUT2D eigenvalue weighted by molar-refractivity contribution is 6.22. The molecule has 0 aliphatic heterocycles. The zero-order valence-corrected chi connectivity index (χ0v) is 25.8. The van der Waals surface area contributed by atoms with Gasteiger partial charge in [0.15, 0.2) is 0 Å². The lowest BCUT2D eigenvalue weighted by molar-refractivity contribution is 1.30. The van der Waals surface area contributed by atoms with E-state index < -0.39 is 0 Å². The van der Waals surface area contributed by atoms with Gasteiger partial charge in [0.05, 0.1) is 12.1 Å². The van der Waals surface area contributed by atoms with E-state index in [0.717, 1.165) is 38.9 Å². The molecule has 0 aliphatic rings. The van der Waals surface area contributed by atoms with Crippen LogP contribution in [-0.2, 0) is 0 Å². The highest BCUT2D eigenvalue weighted by Gasteiger charge is 2.18. The molecule has 0 N–H and O–H groups in total. The molecule has 4 heteroatoms. The van der Waals surface area contributed by atoms with Crippen LogP contribution in [0, 0.1) is 17.9 Å². The van der Waals surface area contributed by atoms with Gasteiger partial charge in [-0.25, -0.2) is 4.85 Å². The van der Waals surface area contributed by atoms with E-state index in [0.29, 0.717) is 11.3 Å². The zero-order chi connectivity index (χ0) is 32.5. The van der Waals surface area contributed by atoms with Crippen LogP contribution in [0.1, 0.15) is 5.56 Å². The molecule has 0 spiro atoms. The Balaban J connectivity index is 1.35. The Morgan fingerprint density at radius 2 is 0.938 bits per heavy atom. The molecule has 0 aliphatic carbocycles. The topological polar surface area (TPSA) is 53.9 Å². The maximum Gasteiger partial charge on any atom is 0.205 e. The summed E-state index contributed by atoms with van der Waals surface area (Å²) in [6.07, 6.45) is 6.77. The first-order valence-corrected chi connectivity index (χ1v) is 15.6. The Morgan fingerprint density at radius 3 is 1.56 bits per heavy atom. The molecule has 0 amide bonds. The fourth-order valence-corrected chi connectivity index (χ4v) is 6.58. The summed E-state index contributed by atoms with van der Waals surface area (Å²) in [7, 11) is 0. The standard InChI is InChI=1S/C44H26N4/c1-46-38-22-37(27-48-28-38)32-13-15-33(16-14-32)43-39-9-5-6-10-40(39)44(42-23-35(19-20-41(42)43)30-7-3-2-4-8-30)34-17-11-31(12-18-34)36-21-29(24-45)25-47-26-36/h2-23,25-28H. The number of aromatic nitrogens is 2. The highest BCUT2D eigenvalue weighted by Crippen LogP contribution is 2.45. The maximum absolute atomic E-state index is 9.40. The fourth-order valence-electron chi connectivity index (χ4n) is 6.58. The van der Waals surface area contributed by atoms with E-state index in [9.17, 15) is 5.26 Å². The minimum Gasteiger partial charge on any atom is -0.276 e. The molecule has 8 rings (SSSR count).